The van der Waals surface area contributed by atoms with Crippen LogP contribution in [0.25, 0.3) is 0 Å². The van der Waals surface area contributed by atoms with Crippen LogP contribution in [-0.2, 0) is 11.3 Å². The molecule has 0 spiro atoms. The average Bonchev–Trinajstić information content (AvgIpc) is 2.96. The van der Waals surface area contributed by atoms with Crippen molar-refractivity contribution in [2.45, 2.75) is 78.9 Å². The molecule has 7 nitrogen and oxygen atoms in total. The first-order chi connectivity index (χ1) is 20.6. The van der Waals surface area contributed by atoms with Crippen molar-refractivity contribution >= 4 is 30.3 Å². The summed E-state index contributed by atoms with van der Waals surface area (Å²) in [4.78, 5) is 31.3. The predicted octanol–water partition coefficient (Wildman–Crippen LogP) is 7.05. The third-order valence-corrected chi connectivity index (χ3v) is 7.68. The number of benzene rings is 1. The van der Waals surface area contributed by atoms with Crippen molar-refractivity contribution in [2.75, 3.05) is 32.5 Å². The second-order valence-electron chi connectivity index (χ2n) is 11.5. The van der Waals surface area contributed by atoms with E-state index in [0.29, 0.717) is 25.2 Å². The first kappa shape index (κ1) is 36.0. The Bertz CT molecular complexity index is 1200. The fraction of sp³-hybridized carbons (Fsp3) is 0.486. The number of thiol groups is 1. The Morgan fingerprint density at radius 3 is 2.58 bits per heavy atom. The van der Waals surface area contributed by atoms with Crippen molar-refractivity contribution in [2.24, 2.45) is 5.92 Å². The van der Waals surface area contributed by atoms with Gasteiger partial charge in [0.25, 0.3) is 0 Å². The minimum atomic E-state index is -0.764. The van der Waals surface area contributed by atoms with Gasteiger partial charge in [-0.3, -0.25) is 4.79 Å². The molecular weight excluding hydrogens is 554 g/mol. The molecule has 236 valence electrons. The molecule has 1 aromatic carbocycles. The van der Waals surface area contributed by atoms with Crippen molar-refractivity contribution in [1.82, 2.24) is 20.4 Å². The van der Waals surface area contributed by atoms with Crippen molar-refractivity contribution < 1.29 is 9.59 Å². The van der Waals surface area contributed by atoms with Gasteiger partial charge in [-0.05, 0) is 100.0 Å². The maximum atomic E-state index is 13.9. The highest BCUT2D eigenvalue weighted by molar-refractivity contribution is 7.83. The number of urea groups is 1. The lowest BCUT2D eigenvalue weighted by Gasteiger charge is -2.31. The molecule has 1 heterocycles. The number of nitrogens with one attached hydrogen (secondary N) is 3. The number of nitrogens with zero attached hydrogens (tertiary/aromatic N) is 2. The molecule has 0 radical (unpaired) electrons. The second kappa shape index (κ2) is 19.1. The van der Waals surface area contributed by atoms with Crippen molar-refractivity contribution in [3.05, 3.63) is 88.5 Å². The third kappa shape index (κ3) is 12.5. The molecule has 0 aliphatic carbocycles. The van der Waals surface area contributed by atoms with E-state index in [0.717, 1.165) is 42.5 Å². The maximum Gasteiger partial charge on any atom is 0.318 e. The van der Waals surface area contributed by atoms with Crippen molar-refractivity contribution in [3.8, 4) is 0 Å². The van der Waals surface area contributed by atoms with E-state index in [9.17, 15) is 9.59 Å². The highest BCUT2D eigenvalue weighted by Gasteiger charge is 2.28. The number of carbonyl (C=O) groups is 2. The molecule has 0 saturated heterocycles. The van der Waals surface area contributed by atoms with Crippen LogP contribution in [0.5, 0.6) is 0 Å². The highest BCUT2D eigenvalue weighted by atomic mass is 32.1. The summed E-state index contributed by atoms with van der Waals surface area (Å²) in [6.07, 6.45) is 15.6. The van der Waals surface area contributed by atoms with Gasteiger partial charge in [-0.25, -0.2) is 4.79 Å². The zero-order chi connectivity index (χ0) is 31.8. The number of anilines is 1. The summed E-state index contributed by atoms with van der Waals surface area (Å²) in [5.41, 5.74) is 5.18. The number of rotatable bonds is 15. The van der Waals surface area contributed by atoms with Gasteiger partial charge in [-0.15, -0.1) is 0 Å². The number of hydrogen-bond acceptors (Lipinski definition) is 5. The lowest BCUT2D eigenvalue weighted by molar-refractivity contribution is -0.118. The van der Waals surface area contributed by atoms with Crippen LogP contribution in [0, 0.1) is 5.92 Å². The van der Waals surface area contributed by atoms with E-state index in [1.807, 2.05) is 70.6 Å². The largest absolute Gasteiger partial charge is 0.385 e. The van der Waals surface area contributed by atoms with Gasteiger partial charge in [0.05, 0.1) is 0 Å². The van der Waals surface area contributed by atoms with Crippen LogP contribution in [0.15, 0.2) is 83.0 Å². The molecule has 0 fully saturated rings. The van der Waals surface area contributed by atoms with Crippen molar-refractivity contribution in [1.29, 1.82) is 0 Å². The zero-order valence-corrected chi connectivity index (χ0v) is 28.1. The molecule has 1 aliphatic rings. The van der Waals surface area contributed by atoms with E-state index >= 15 is 0 Å². The Morgan fingerprint density at radius 1 is 1.19 bits per heavy atom. The SMILES string of the molecule is C/C=C\C(C)/C(=C\NC(/C=C\CC)CC)CC(NC(=O)N1CCC(/C=C\S)=C(C)C1)C(=O)Nc1cccc(CN(C)C)c1. The Kier molecular flexibility index (Phi) is 16.0. The van der Waals surface area contributed by atoms with Crippen LogP contribution in [0.2, 0.25) is 0 Å². The van der Waals surface area contributed by atoms with Crippen LogP contribution in [0.1, 0.15) is 65.9 Å². The number of carbonyl (C=O) groups excluding carboxylic acids is 2. The topological polar surface area (TPSA) is 76.7 Å². The Hall–Kier alpha value is -3.23. The lowest BCUT2D eigenvalue weighted by atomic mass is 9.94. The van der Waals surface area contributed by atoms with E-state index in [1.165, 1.54) is 5.57 Å². The van der Waals surface area contributed by atoms with Gasteiger partial charge in [0, 0.05) is 31.4 Å². The molecule has 3 atom stereocenters. The smallest absolute Gasteiger partial charge is 0.318 e. The van der Waals surface area contributed by atoms with E-state index in [2.05, 4.69) is 72.5 Å². The molecule has 43 heavy (non-hydrogen) atoms. The van der Waals surface area contributed by atoms with Gasteiger partial charge in [0.15, 0.2) is 0 Å². The minimum absolute atomic E-state index is 0.0801. The normalized spacial score (nSPS) is 16.8. The summed E-state index contributed by atoms with van der Waals surface area (Å²) in [6, 6.07) is 7.05. The van der Waals surface area contributed by atoms with E-state index in [-0.39, 0.29) is 23.9 Å². The molecule has 0 bridgehead atoms. The summed E-state index contributed by atoms with van der Waals surface area (Å²) in [5, 5.41) is 11.4. The van der Waals surface area contributed by atoms with Gasteiger partial charge in [-0.2, -0.15) is 12.6 Å². The Balaban J connectivity index is 2.37. The van der Waals surface area contributed by atoms with Crippen LogP contribution in [0.4, 0.5) is 10.5 Å². The Morgan fingerprint density at radius 2 is 1.95 bits per heavy atom. The summed E-state index contributed by atoms with van der Waals surface area (Å²) >= 11 is 4.21. The van der Waals surface area contributed by atoms with Crippen LogP contribution in [-0.4, -0.2) is 61.0 Å². The highest BCUT2D eigenvalue weighted by Crippen LogP contribution is 2.22. The van der Waals surface area contributed by atoms with Crippen LogP contribution >= 0.6 is 12.6 Å². The Labute approximate surface area is 265 Å². The van der Waals surface area contributed by atoms with E-state index in [4.69, 9.17) is 0 Å². The fourth-order valence-corrected chi connectivity index (χ4v) is 5.24. The van der Waals surface area contributed by atoms with E-state index < -0.39 is 6.04 Å². The van der Waals surface area contributed by atoms with Gasteiger partial charge < -0.3 is 25.8 Å². The van der Waals surface area contributed by atoms with Gasteiger partial charge in [-0.1, -0.05) is 68.9 Å². The molecule has 3 N–H and O–H groups in total. The van der Waals surface area contributed by atoms with Gasteiger partial charge in [0.1, 0.15) is 6.04 Å². The molecule has 1 aliphatic heterocycles. The van der Waals surface area contributed by atoms with E-state index in [1.54, 1.807) is 10.3 Å². The summed E-state index contributed by atoms with van der Waals surface area (Å²) in [7, 11) is 4.03. The first-order valence-electron chi connectivity index (χ1n) is 15.4. The average molecular weight is 608 g/mol. The predicted molar refractivity (Wildman–Crippen MR) is 185 cm³/mol. The second-order valence-corrected chi connectivity index (χ2v) is 11.8. The molecule has 1 aromatic rings. The summed E-state index contributed by atoms with van der Waals surface area (Å²) in [5.74, 6) is -0.161. The third-order valence-electron chi connectivity index (χ3n) is 7.53. The summed E-state index contributed by atoms with van der Waals surface area (Å²) < 4.78 is 0. The fourth-order valence-electron chi connectivity index (χ4n) is 5.06. The van der Waals surface area contributed by atoms with Crippen LogP contribution < -0.4 is 16.0 Å². The first-order valence-corrected chi connectivity index (χ1v) is 16.0. The monoisotopic (exact) mass is 607 g/mol. The molecule has 0 saturated carbocycles. The molecule has 8 heteroatoms. The number of amides is 3. The van der Waals surface area contributed by atoms with Crippen LogP contribution in [0.3, 0.4) is 0 Å². The van der Waals surface area contributed by atoms with Gasteiger partial charge >= 0.3 is 6.03 Å². The molecule has 0 aromatic heterocycles. The summed E-state index contributed by atoms with van der Waals surface area (Å²) in [6.45, 7) is 12.3. The standard InChI is InChI=1S/C35H53N5O2S/c1-8-11-15-31(10-3)36-23-30(26(4)13-9-2)22-33(34(41)37-32-16-12-14-28(21-32)25-39(6)7)38-35(42)40-19-17-29(18-20-43)27(5)24-40/h9,11-16,18,20-21,23,26,31,33,36,43H,8,10,17,19,22,24-25H2,1-7H3,(H,37,41)(H,38,42)/b13-9-,15-11-,20-18-,30-23-. The molecule has 3 amide bonds. The molecule has 2 rings (SSSR count). The number of hydrogen-bond donors (Lipinski definition) is 4. The zero-order valence-electron chi connectivity index (χ0n) is 27.2. The van der Waals surface area contributed by atoms with Crippen molar-refractivity contribution in [3.63, 3.8) is 0 Å². The number of allylic oxidation sites excluding steroid dienone is 4. The van der Waals surface area contributed by atoms with Gasteiger partial charge in [0.2, 0.25) is 5.91 Å². The lowest BCUT2D eigenvalue weighted by Crippen LogP contribution is -2.51. The minimum Gasteiger partial charge on any atom is -0.385 e. The maximum absolute atomic E-state index is 13.9. The molecule has 3 unspecified atom stereocenters. The quantitative estimate of drug-likeness (QED) is 0.127. The molecular formula is C35H53N5O2S.